The summed E-state index contributed by atoms with van der Waals surface area (Å²) in [6, 6.07) is 4.87. The third-order valence-electron chi connectivity index (χ3n) is 3.19. The van der Waals surface area contributed by atoms with Crippen molar-refractivity contribution in [3.05, 3.63) is 28.2 Å². The van der Waals surface area contributed by atoms with E-state index in [0.717, 1.165) is 22.9 Å². The van der Waals surface area contributed by atoms with Gasteiger partial charge in [0.1, 0.15) is 0 Å². The van der Waals surface area contributed by atoms with Gasteiger partial charge in [0, 0.05) is 17.1 Å². The minimum atomic E-state index is -3.47. The monoisotopic (exact) mass is 332 g/mol. The molecule has 2 rings (SSSR count). The van der Waals surface area contributed by atoms with Gasteiger partial charge < -0.3 is 5.73 Å². The molecule has 1 aliphatic rings. The number of nitrogens with one attached hydrogen (secondary N) is 1. The molecule has 1 fully saturated rings. The second kappa shape index (κ2) is 5.28. The highest BCUT2D eigenvalue weighted by Crippen LogP contribution is 2.33. The van der Waals surface area contributed by atoms with Gasteiger partial charge in [0.2, 0.25) is 10.0 Å². The highest BCUT2D eigenvalue weighted by atomic mass is 79.9. The van der Waals surface area contributed by atoms with Gasteiger partial charge >= 0.3 is 0 Å². The lowest BCUT2D eigenvalue weighted by Gasteiger charge is -2.16. The van der Waals surface area contributed by atoms with Crippen LogP contribution in [0.25, 0.3) is 0 Å². The van der Waals surface area contributed by atoms with Crippen molar-refractivity contribution < 1.29 is 8.42 Å². The summed E-state index contributed by atoms with van der Waals surface area (Å²) in [4.78, 5) is 0.294. The molecule has 1 unspecified atom stereocenters. The number of aryl methyl sites for hydroxylation is 1. The fraction of sp³-hybridized carbons (Fsp3) is 0.500. The lowest BCUT2D eigenvalue weighted by molar-refractivity contribution is 0.519. The number of hydrogen-bond donors (Lipinski definition) is 2. The Labute approximate surface area is 116 Å². The van der Waals surface area contributed by atoms with Crippen LogP contribution in [0.3, 0.4) is 0 Å². The minimum absolute atomic E-state index is 0.140. The Morgan fingerprint density at radius 2 is 2.17 bits per heavy atom. The van der Waals surface area contributed by atoms with Gasteiger partial charge in [-0.3, -0.25) is 0 Å². The molecule has 1 aromatic carbocycles. The van der Waals surface area contributed by atoms with Crippen LogP contribution in [-0.4, -0.2) is 21.0 Å². The van der Waals surface area contributed by atoms with E-state index < -0.39 is 10.0 Å². The van der Waals surface area contributed by atoms with E-state index in [1.807, 2.05) is 6.92 Å². The van der Waals surface area contributed by atoms with Crippen LogP contribution in [0.2, 0.25) is 0 Å². The Balaban J connectivity index is 2.21. The Kier molecular flexibility index (Phi) is 4.11. The first kappa shape index (κ1) is 14.0. The average molecular weight is 333 g/mol. The topological polar surface area (TPSA) is 72.2 Å². The van der Waals surface area contributed by atoms with Gasteiger partial charge in [0.15, 0.2) is 0 Å². The predicted octanol–water partition coefficient (Wildman–Crippen LogP) is 1.77. The van der Waals surface area contributed by atoms with Gasteiger partial charge in [-0.15, -0.1) is 0 Å². The summed E-state index contributed by atoms with van der Waals surface area (Å²) in [6.45, 7) is 2.21. The van der Waals surface area contributed by atoms with Gasteiger partial charge in [-0.05, 0) is 49.4 Å². The molecule has 0 bridgehead atoms. The van der Waals surface area contributed by atoms with Crippen LogP contribution >= 0.6 is 15.9 Å². The van der Waals surface area contributed by atoms with Gasteiger partial charge in [-0.2, -0.15) is 0 Å². The van der Waals surface area contributed by atoms with E-state index in [9.17, 15) is 8.42 Å². The van der Waals surface area contributed by atoms with Crippen LogP contribution in [0.15, 0.2) is 27.6 Å². The summed E-state index contributed by atoms with van der Waals surface area (Å²) in [5.41, 5.74) is 6.52. The van der Waals surface area contributed by atoms with Crippen molar-refractivity contribution in [1.82, 2.24) is 4.72 Å². The predicted molar refractivity (Wildman–Crippen MR) is 74.8 cm³/mol. The van der Waals surface area contributed by atoms with Crippen molar-refractivity contribution in [3.8, 4) is 0 Å². The van der Waals surface area contributed by atoms with Crippen LogP contribution in [0.5, 0.6) is 0 Å². The molecule has 0 saturated heterocycles. The van der Waals surface area contributed by atoms with E-state index >= 15 is 0 Å². The van der Waals surface area contributed by atoms with E-state index in [0.29, 0.717) is 17.4 Å². The Hall–Kier alpha value is -0.430. The SMILES string of the molecule is Cc1cc(S(=O)(=O)NC(CN)C2CC2)ccc1Br. The molecule has 0 aromatic heterocycles. The van der Waals surface area contributed by atoms with Crippen molar-refractivity contribution in [1.29, 1.82) is 0 Å². The summed E-state index contributed by atoms with van der Waals surface area (Å²) in [6.07, 6.45) is 2.12. The number of nitrogens with two attached hydrogens (primary N) is 1. The molecular formula is C12H17BrN2O2S. The summed E-state index contributed by atoms with van der Waals surface area (Å²) >= 11 is 3.36. The molecule has 0 aliphatic heterocycles. The molecule has 0 spiro atoms. The van der Waals surface area contributed by atoms with Gasteiger partial charge in [-0.1, -0.05) is 15.9 Å². The van der Waals surface area contributed by atoms with Crippen LogP contribution < -0.4 is 10.5 Å². The molecule has 0 radical (unpaired) electrons. The van der Waals surface area contributed by atoms with E-state index in [4.69, 9.17) is 5.73 Å². The number of benzene rings is 1. The van der Waals surface area contributed by atoms with Crippen molar-refractivity contribution >= 4 is 26.0 Å². The van der Waals surface area contributed by atoms with E-state index in [-0.39, 0.29) is 6.04 Å². The van der Waals surface area contributed by atoms with Crippen molar-refractivity contribution in [2.24, 2.45) is 11.7 Å². The first-order valence-corrected chi connectivity index (χ1v) is 8.20. The number of rotatable bonds is 5. The first-order chi connectivity index (χ1) is 8.44. The molecule has 0 amide bonds. The Morgan fingerprint density at radius 3 is 2.67 bits per heavy atom. The Bertz CT molecular complexity index is 541. The highest BCUT2D eigenvalue weighted by Gasteiger charge is 2.33. The zero-order chi connectivity index (χ0) is 13.3. The molecular weight excluding hydrogens is 316 g/mol. The quantitative estimate of drug-likeness (QED) is 0.863. The molecule has 4 nitrogen and oxygen atoms in total. The van der Waals surface area contributed by atoms with E-state index in [1.54, 1.807) is 18.2 Å². The number of hydrogen-bond acceptors (Lipinski definition) is 3. The highest BCUT2D eigenvalue weighted by molar-refractivity contribution is 9.10. The molecule has 18 heavy (non-hydrogen) atoms. The van der Waals surface area contributed by atoms with Gasteiger partial charge in [-0.25, -0.2) is 13.1 Å². The first-order valence-electron chi connectivity index (χ1n) is 5.92. The standard InChI is InChI=1S/C12H17BrN2O2S/c1-8-6-10(4-5-11(8)13)18(16,17)15-12(7-14)9-2-3-9/h4-6,9,12,15H,2-3,7,14H2,1H3. The molecule has 3 N–H and O–H groups in total. The van der Waals surface area contributed by atoms with Crippen LogP contribution in [0.4, 0.5) is 0 Å². The summed E-state index contributed by atoms with van der Waals surface area (Å²) in [5, 5.41) is 0. The molecule has 1 aliphatic carbocycles. The minimum Gasteiger partial charge on any atom is -0.329 e. The molecule has 0 heterocycles. The lowest BCUT2D eigenvalue weighted by Crippen LogP contribution is -2.41. The maximum atomic E-state index is 12.2. The fourth-order valence-electron chi connectivity index (χ4n) is 1.89. The zero-order valence-electron chi connectivity index (χ0n) is 10.2. The molecule has 1 saturated carbocycles. The smallest absolute Gasteiger partial charge is 0.240 e. The normalized spacial score (nSPS) is 17.7. The Morgan fingerprint density at radius 1 is 1.50 bits per heavy atom. The average Bonchev–Trinajstić information content (AvgIpc) is 3.13. The number of halogens is 1. The van der Waals surface area contributed by atoms with Crippen molar-refractivity contribution in [2.45, 2.75) is 30.7 Å². The largest absolute Gasteiger partial charge is 0.329 e. The van der Waals surface area contributed by atoms with Crippen molar-refractivity contribution in [2.75, 3.05) is 6.54 Å². The van der Waals surface area contributed by atoms with Gasteiger partial charge in [0.05, 0.1) is 4.90 Å². The summed E-state index contributed by atoms with van der Waals surface area (Å²) in [7, 11) is -3.47. The summed E-state index contributed by atoms with van der Waals surface area (Å²) in [5.74, 6) is 0.404. The molecule has 6 heteroatoms. The third-order valence-corrected chi connectivity index (χ3v) is 5.57. The third kappa shape index (κ3) is 3.12. The lowest BCUT2D eigenvalue weighted by atomic mass is 10.2. The second-order valence-corrected chi connectivity index (χ2v) is 7.28. The van der Waals surface area contributed by atoms with Crippen LogP contribution in [0, 0.1) is 12.8 Å². The van der Waals surface area contributed by atoms with Crippen molar-refractivity contribution in [3.63, 3.8) is 0 Å². The summed E-state index contributed by atoms with van der Waals surface area (Å²) < 4.78 is 28.0. The van der Waals surface area contributed by atoms with Crippen LogP contribution in [-0.2, 0) is 10.0 Å². The zero-order valence-corrected chi connectivity index (χ0v) is 12.6. The second-order valence-electron chi connectivity index (χ2n) is 4.71. The maximum absolute atomic E-state index is 12.2. The van der Waals surface area contributed by atoms with Gasteiger partial charge in [0.25, 0.3) is 0 Å². The van der Waals surface area contributed by atoms with Crippen LogP contribution in [0.1, 0.15) is 18.4 Å². The maximum Gasteiger partial charge on any atom is 0.240 e. The van der Waals surface area contributed by atoms with E-state index in [2.05, 4.69) is 20.7 Å². The number of sulfonamides is 1. The fourth-order valence-corrected chi connectivity index (χ4v) is 3.54. The molecule has 100 valence electrons. The van der Waals surface area contributed by atoms with E-state index in [1.165, 1.54) is 0 Å². The molecule has 1 aromatic rings. The molecule has 1 atom stereocenters.